The van der Waals surface area contributed by atoms with Gasteiger partial charge in [0, 0.05) is 17.6 Å². The Bertz CT molecular complexity index is 712. The van der Waals surface area contributed by atoms with Gasteiger partial charge < -0.3 is 11.1 Å². The number of amides is 1. The van der Waals surface area contributed by atoms with Crippen LogP contribution >= 0.6 is 11.6 Å². The van der Waals surface area contributed by atoms with E-state index in [0.717, 1.165) is 10.1 Å². The minimum Gasteiger partial charge on any atom is -0.399 e. The molecule has 0 radical (unpaired) electrons. The van der Waals surface area contributed by atoms with Gasteiger partial charge in [-0.3, -0.25) is 9.36 Å². The minimum absolute atomic E-state index is 0.157. The molecule has 0 fully saturated rings. The third-order valence-electron chi connectivity index (χ3n) is 2.66. The molecule has 0 unspecified atom stereocenters. The fraction of sp³-hybridized carbons (Fsp3) is 0.154. The van der Waals surface area contributed by atoms with Gasteiger partial charge in [0.25, 0.3) is 0 Å². The Kier molecular flexibility index (Phi) is 4.05. The van der Waals surface area contributed by atoms with Crippen molar-refractivity contribution in [2.24, 2.45) is 0 Å². The van der Waals surface area contributed by atoms with E-state index in [1.54, 1.807) is 18.2 Å². The van der Waals surface area contributed by atoms with E-state index in [-0.39, 0.29) is 12.5 Å². The van der Waals surface area contributed by atoms with Gasteiger partial charge in [-0.15, -0.1) is 0 Å². The molecule has 0 aliphatic rings. The Labute approximate surface area is 120 Å². The summed E-state index contributed by atoms with van der Waals surface area (Å²) in [6.07, 6.45) is 2.61. The van der Waals surface area contributed by atoms with E-state index in [1.165, 1.54) is 12.4 Å². The van der Waals surface area contributed by atoms with Gasteiger partial charge in [0.15, 0.2) is 0 Å². The van der Waals surface area contributed by atoms with Crippen molar-refractivity contribution in [2.75, 3.05) is 11.1 Å². The van der Waals surface area contributed by atoms with Crippen molar-refractivity contribution < 1.29 is 4.79 Å². The van der Waals surface area contributed by atoms with E-state index in [0.29, 0.717) is 16.4 Å². The highest BCUT2D eigenvalue weighted by atomic mass is 35.5. The van der Waals surface area contributed by atoms with Gasteiger partial charge in [-0.05, 0) is 30.7 Å². The molecule has 0 bridgehead atoms. The van der Waals surface area contributed by atoms with Crippen LogP contribution in [0.5, 0.6) is 0 Å². The lowest BCUT2D eigenvalue weighted by molar-refractivity contribution is -0.116. The zero-order chi connectivity index (χ0) is 14.7. The highest BCUT2D eigenvalue weighted by Crippen LogP contribution is 2.17. The standard InChI is InChI=1S/C13H13ClN4O2/c1-8-4-10(15)2-3-11(8)17-12(19)7-18-6-9(14)5-16-13(18)20/h2-6H,7,15H2,1H3,(H,17,19). The maximum Gasteiger partial charge on any atom is 0.348 e. The van der Waals surface area contributed by atoms with Crippen LogP contribution in [0.2, 0.25) is 5.02 Å². The third-order valence-corrected chi connectivity index (χ3v) is 2.86. The summed E-state index contributed by atoms with van der Waals surface area (Å²) in [6.45, 7) is 1.68. The molecule has 3 N–H and O–H groups in total. The van der Waals surface area contributed by atoms with Gasteiger partial charge in [-0.2, -0.15) is 0 Å². The van der Waals surface area contributed by atoms with E-state index < -0.39 is 5.69 Å². The summed E-state index contributed by atoms with van der Waals surface area (Å²) >= 11 is 5.74. The summed E-state index contributed by atoms with van der Waals surface area (Å²) in [6, 6.07) is 5.15. The van der Waals surface area contributed by atoms with E-state index in [4.69, 9.17) is 17.3 Å². The smallest absolute Gasteiger partial charge is 0.348 e. The van der Waals surface area contributed by atoms with Crippen LogP contribution in [0.1, 0.15) is 5.56 Å². The molecule has 20 heavy (non-hydrogen) atoms. The molecule has 104 valence electrons. The van der Waals surface area contributed by atoms with Gasteiger partial charge in [0.05, 0.1) is 11.2 Å². The number of nitrogens with zero attached hydrogens (tertiary/aromatic N) is 2. The second-order valence-corrected chi connectivity index (χ2v) is 4.74. The van der Waals surface area contributed by atoms with Crippen molar-refractivity contribution in [3.63, 3.8) is 0 Å². The average molecular weight is 293 g/mol. The van der Waals surface area contributed by atoms with Crippen LogP contribution in [-0.4, -0.2) is 15.5 Å². The van der Waals surface area contributed by atoms with Crippen molar-refractivity contribution in [3.8, 4) is 0 Å². The summed E-state index contributed by atoms with van der Waals surface area (Å²) in [5, 5.41) is 3.00. The van der Waals surface area contributed by atoms with Crippen LogP contribution in [0.25, 0.3) is 0 Å². The predicted molar refractivity (Wildman–Crippen MR) is 77.7 cm³/mol. The number of nitrogen functional groups attached to an aromatic ring is 1. The first-order valence-corrected chi connectivity index (χ1v) is 6.21. The number of benzene rings is 1. The van der Waals surface area contributed by atoms with E-state index in [9.17, 15) is 9.59 Å². The number of nitrogens with one attached hydrogen (secondary N) is 1. The third kappa shape index (κ3) is 3.36. The SMILES string of the molecule is Cc1cc(N)ccc1NC(=O)Cn1cc(Cl)cnc1=O. The number of hydrogen-bond acceptors (Lipinski definition) is 4. The van der Waals surface area contributed by atoms with Gasteiger partial charge in [-0.1, -0.05) is 11.6 Å². The first kappa shape index (κ1) is 14.1. The van der Waals surface area contributed by atoms with Crippen molar-refractivity contribution in [1.82, 2.24) is 9.55 Å². The lowest BCUT2D eigenvalue weighted by atomic mass is 10.2. The molecule has 0 aliphatic heterocycles. The number of aryl methyl sites for hydroxylation is 1. The second kappa shape index (κ2) is 5.75. The monoisotopic (exact) mass is 292 g/mol. The van der Waals surface area contributed by atoms with Crippen LogP contribution in [-0.2, 0) is 11.3 Å². The molecule has 0 saturated carbocycles. The normalized spacial score (nSPS) is 10.3. The molecule has 0 spiro atoms. The summed E-state index contributed by atoms with van der Waals surface area (Å²) in [5.41, 5.74) is 7.22. The zero-order valence-electron chi connectivity index (χ0n) is 10.8. The molecule has 6 nitrogen and oxygen atoms in total. The van der Waals surface area contributed by atoms with E-state index in [2.05, 4.69) is 10.3 Å². The van der Waals surface area contributed by atoms with Crippen LogP contribution in [0.3, 0.4) is 0 Å². The van der Waals surface area contributed by atoms with Crippen LogP contribution in [0.15, 0.2) is 35.4 Å². The van der Waals surface area contributed by atoms with Crippen LogP contribution < -0.4 is 16.7 Å². The Morgan fingerprint density at radius 2 is 2.25 bits per heavy atom. The lowest BCUT2D eigenvalue weighted by Crippen LogP contribution is -2.28. The highest BCUT2D eigenvalue weighted by Gasteiger charge is 2.08. The largest absolute Gasteiger partial charge is 0.399 e. The summed E-state index contributed by atoms with van der Waals surface area (Å²) in [5.74, 6) is -0.343. The molecular formula is C13H13ClN4O2. The number of rotatable bonds is 3. The summed E-state index contributed by atoms with van der Waals surface area (Å²) in [4.78, 5) is 26.9. The lowest BCUT2D eigenvalue weighted by Gasteiger charge is -2.10. The first-order chi connectivity index (χ1) is 9.45. The van der Waals surface area contributed by atoms with Gasteiger partial charge in [-0.25, -0.2) is 9.78 Å². The number of carbonyl (C=O) groups is 1. The van der Waals surface area contributed by atoms with Gasteiger partial charge in [0.2, 0.25) is 5.91 Å². The summed E-state index contributed by atoms with van der Waals surface area (Å²) < 4.78 is 1.14. The number of carbonyl (C=O) groups excluding carboxylic acids is 1. The predicted octanol–water partition coefficient (Wildman–Crippen LogP) is 1.43. The van der Waals surface area contributed by atoms with E-state index in [1.807, 2.05) is 6.92 Å². The number of nitrogens with two attached hydrogens (primary N) is 1. The first-order valence-electron chi connectivity index (χ1n) is 5.83. The maximum atomic E-state index is 11.9. The number of aromatic nitrogens is 2. The molecule has 0 saturated heterocycles. The zero-order valence-corrected chi connectivity index (χ0v) is 11.5. The molecule has 0 atom stereocenters. The maximum absolute atomic E-state index is 11.9. The van der Waals surface area contributed by atoms with Crippen LogP contribution in [0.4, 0.5) is 11.4 Å². The van der Waals surface area contributed by atoms with E-state index >= 15 is 0 Å². The number of hydrogen-bond donors (Lipinski definition) is 2. The Hall–Kier alpha value is -2.34. The molecule has 7 heteroatoms. The fourth-order valence-electron chi connectivity index (χ4n) is 1.71. The summed E-state index contributed by atoms with van der Waals surface area (Å²) in [7, 11) is 0. The second-order valence-electron chi connectivity index (χ2n) is 4.31. The molecule has 1 aromatic carbocycles. The topological polar surface area (TPSA) is 90.0 Å². The minimum atomic E-state index is -0.529. The number of halogens is 1. The highest BCUT2D eigenvalue weighted by molar-refractivity contribution is 6.30. The Morgan fingerprint density at radius 3 is 2.95 bits per heavy atom. The fourth-order valence-corrected chi connectivity index (χ4v) is 1.88. The molecular weight excluding hydrogens is 280 g/mol. The quantitative estimate of drug-likeness (QED) is 0.837. The average Bonchev–Trinajstić information content (AvgIpc) is 2.37. The van der Waals surface area contributed by atoms with Gasteiger partial charge >= 0.3 is 5.69 Å². The molecule has 2 aromatic rings. The van der Waals surface area contributed by atoms with Gasteiger partial charge in [0.1, 0.15) is 6.54 Å². The molecule has 2 rings (SSSR count). The van der Waals surface area contributed by atoms with Crippen molar-refractivity contribution >= 4 is 28.9 Å². The molecule has 1 aromatic heterocycles. The van der Waals surface area contributed by atoms with Crippen LogP contribution in [0, 0.1) is 6.92 Å². The Morgan fingerprint density at radius 1 is 1.50 bits per heavy atom. The molecule has 0 aliphatic carbocycles. The molecule has 1 heterocycles. The van der Waals surface area contributed by atoms with Crippen molar-refractivity contribution in [3.05, 3.63) is 51.7 Å². The number of anilines is 2. The van der Waals surface area contributed by atoms with Crippen molar-refractivity contribution in [2.45, 2.75) is 13.5 Å². The molecule has 1 amide bonds. The van der Waals surface area contributed by atoms with Crippen molar-refractivity contribution in [1.29, 1.82) is 0 Å². The Balaban J connectivity index is 2.13.